The lowest BCUT2D eigenvalue weighted by atomic mass is 10.0. The second-order valence-electron chi connectivity index (χ2n) is 10.6. The van der Waals surface area contributed by atoms with E-state index in [4.69, 9.17) is 14.2 Å². The van der Waals surface area contributed by atoms with Crippen molar-refractivity contribution in [3.05, 3.63) is 96.1 Å². The van der Waals surface area contributed by atoms with Gasteiger partial charge in [0.15, 0.2) is 0 Å². The van der Waals surface area contributed by atoms with E-state index < -0.39 is 41.7 Å². The molecule has 10 heteroatoms. The number of amides is 3. The molecule has 2 rings (SSSR count). The van der Waals surface area contributed by atoms with Gasteiger partial charge >= 0.3 is 18.2 Å². The molecule has 43 heavy (non-hydrogen) atoms. The number of carbonyl (C=O) groups is 4. The van der Waals surface area contributed by atoms with Gasteiger partial charge in [0.25, 0.3) is 0 Å². The summed E-state index contributed by atoms with van der Waals surface area (Å²) in [4.78, 5) is 49.7. The Balaban J connectivity index is 2.04. The molecule has 0 fully saturated rings. The van der Waals surface area contributed by atoms with Crippen molar-refractivity contribution >= 4 is 24.1 Å². The van der Waals surface area contributed by atoms with Crippen molar-refractivity contribution in [1.82, 2.24) is 16.0 Å². The van der Waals surface area contributed by atoms with E-state index in [0.717, 1.165) is 11.1 Å². The fraction of sp³-hybridized carbons (Fsp3) is 0.394. The smallest absolute Gasteiger partial charge is 0.408 e. The van der Waals surface area contributed by atoms with Gasteiger partial charge in [-0.3, -0.25) is 4.79 Å². The Morgan fingerprint density at radius 2 is 1.49 bits per heavy atom. The first-order chi connectivity index (χ1) is 20.6. The molecule has 0 aliphatic carbocycles. The van der Waals surface area contributed by atoms with Crippen LogP contribution in [0.5, 0.6) is 0 Å². The highest BCUT2D eigenvalue weighted by Gasteiger charge is 2.25. The zero-order valence-electron chi connectivity index (χ0n) is 25.3. The lowest BCUT2D eigenvalue weighted by Crippen LogP contribution is -2.51. The minimum Gasteiger partial charge on any atom is -0.463 e. The summed E-state index contributed by atoms with van der Waals surface area (Å²) >= 11 is 0. The third-order valence-corrected chi connectivity index (χ3v) is 5.76. The minimum absolute atomic E-state index is 0.142. The van der Waals surface area contributed by atoms with Crippen LogP contribution >= 0.6 is 0 Å². The zero-order valence-corrected chi connectivity index (χ0v) is 25.3. The van der Waals surface area contributed by atoms with Crippen molar-refractivity contribution in [2.75, 3.05) is 13.2 Å². The van der Waals surface area contributed by atoms with E-state index in [1.807, 2.05) is 60.7 Å². The number of esters is 1. The molecule has 0 aromatic heterocycles. The minimum atomic E-state index is -0.932. The molecule has 2 atom stereocenters. The van der Waals surface area contributed by atoms with Gasteiger partial charge < -0.3 is 30.2 Å². The Hall–Kier alpha value is -4.60. The number of hydrogen-bond donors (Lipinski definition) is 3. The Kier molecular flexibility index (Phi) is 15.1. The van der Waals surface area contributed by atoms with Crippen LogP contribution in [0.15, 0.2) is 85.0 Å². The van der Waals surface area contributed by atoms with E-state index in [1.165, 1.54) is 6.08 Å². The van der Waals surface area contributed by atoms with Crippen molar-refractivity contribution in [1.29, 1.82) is 0 Å². The topological polar surface area (TPSA) is 132 Å². The van der Waals surface area contributed by atoms with Crippen LogP contribution in [-0.4, -0.2) is 54.9 Å². The molecule has 0 saturated carbocycles. The molecule has 0 aliphatic heterocycles. The highest BCUT2D eigenvalue weighted by atomic mass is 16.6. The number of ether oxygens (including phenoxy) is 3. The number of benzene rings is 2. The van der Waals surface area contributed by atoms with Gasteiger partial charge in [-0.05, 0) is 58.1 Å². The largest absolute Gasteiger partial charge is 0.463 e. The van der Waals surface area contributed by atoms with Gasteiger partial charge in [0, 0.05) is 12.6 Å². The van der Waals surface area contributed by atoms with E-state index in [2.05, 4.69) is 16.0 Å². The second kappa shape index (κ2) is 18.8. The van der Waals surface area contributed by atoms with Crippen LogP contribution in [0.3, 0.4) is 0 Å². The SMILES string of the molecule is CCOC(=O)/C=C/C=C/C(Cc1ccccc1)NC(=O)C(CCCNC(=O)OCc1ccccc1)NC(=O)OC(C)(C)C. The van der Waals surface area contributed by atoms with Gasteiger partial charge in [0.2, 0.25) is 5.91 Å². The number of hydrogen-bond acceptors (Lipinski definition) is 7. The molecule has 2 aromatic carbocycles. The lowest BCUT2D eigenvalue weighted by molar-refractivity contribution is -0.137. The Bertz CT molecular complexity index is 1210. The van der Waals surface area contributed by atoms with Crippen LogP contribution < -0.4 is 16.0 Å². The van der Waals surface area contributed by atoms with Crippen LogP contribution in [-0.2, 0) is 36.8 Å². The third kappa shape index (κ3) is 15.8. The van der Waals surface area contributed by atoms with Crippen molar-refractivity contribution < 1.29 is 33.4 Å². The molecule has 232 valence electrons. The molecule has 0 radical (unpaired) electrons. The average molecular weight is 594 g/mol. The number of allylic oxidation sites excluding steroid dienone is 2. The van der Waals surface area contributed by atoms with Crippen molar-refractivity contribution in [3.63, 3.8) is 0 Å². The van der Waals surface area contributed by atoms with Gasteiger partial charge in [-0.2, -0.15) is 0 Å². The summed E-state index contributed by atoms with van der Waals surface area (Å²) in [5, 5.41) is 8.31. The summed E-state index contributed by atoms with van der Waals surface area (Å²) in [6, 6.07) is 17.5. The van der Waals surface area contributed by atoms with Gasteiger partial charge in [-0.25, -0.2) is 14.4 Å². The molecular formula is C33H43N3O7. The van der Waals surface area contributed by atoms with E-state index in [-0.39, 0.29) is 26.2 Å². The van der Waals surface area contributed by atoms with Crippen molar-refractivity contribution in [2.24, 2.45) is 0 Å². The number of carbonyl (C=O) groups excluding carboxylic acids is 4. The Morgan fingerprint density at radius 1 is 0.837 bits per heavy atom. The van der Waals surface area contributed by atoms with Crippen LogP contribution in [0.25, 0.3) is 0 Å². The van der Waals surface area contributed by atoms with Gasteiger partial charge in [0.1, 0.15) is 18.2 Å². The zero-order chi connectivity index (χ0) is 31.5. The van der Waals surface area contributed by atoms with Crippen LogP contribution in [0.2, 0.25) is 0 Å². The maximum Gasteiger partial charge on any atom is 0.408 e. The summed E-state index contributed by atoms with van der Waals surface area (Å²) in [5.41, 5.74) is 1.10. The molecule has 3 amide bonds. The predicted molar refractivity (Wildman–Crippen MR) is 164 cm³/mol. The standard InChI is InChI=1S/C33H43N3O7/c1-5-41-29(37)21-13-12-19-27(23-25-15-8-6-9-16-25)35-30(38)28(36-32(40)43-33(2,3)4)20-14-22-34-31(39)42-24-26-17-10-7-11-18-26/h6-13,15-19,21,27-28H,5,14,20,22-24H2,1-4H3,(H,34,39)(H,35,38)(H,36,40)/b19-12+,21-13+. The highest BCUT2D eigenvalue weighted by Crippen LogP contribution is 2.10. The van der Waals surface area contributed by atoms with E-state index in [0.29, 0.717) is 12.8 Å². The molecular weight excluding hydrogens is 550 g/mol. The van der Waals surface area contributed by atoms with E-state index in [1.54, 1.807) is 45.9 Å². The van der Waals surface area contributed by atoms with E-state index in [9.17, 15) is 19.2 Å². The summed E-state index contributed by atoms with van der Waals surface area (Å²) in [7, 11) is 0. The number of rotatable bonds is 15. The highest BCUT2D eigenvalue weighted by molar-refractivity contribution is 5.86. The molecule has 0 spiro atoms. The first-order valence-corrected chi connectivity index (χ1v) is 14.4. The summed E-state index contributed by atoms with van der Waals surface area (Å²) in [6.45, 7) is 7.58. The van der Waals surface area contributed by atoms with Crippen molar-refractivity contribution in [2.45, 2.75) is 71.2 Å². The summed E-state index contributed by atoms with van der Waals surface area (Å²) in [5.74, 6) is -0.882. The number of alkyl carbamates (subject to hydrolysis) is 2. The second-order valence-corrected chi connectivity index (χ2v) is 10.6. The van der Waals surface area contributed by atoms with E-state index >= 15 is 0 Å². The van der Waals surface area contributed by atoms with Gasteiger partial charge in [0.05, 0.1) is 12.6 Å². The molecule has 0 saturated heterocycles. The molecule has 2 unspecified atom stereocenters. The first kappa shape index (κ1) is 34.6. The molecule has 0 bridgehead atoms. The maximum absolute atomic E-state index is 13.4. The first-order valence-electron chi connectivity index (χ1n) is 14.4. The van der Waals surface area contributed by atoms with Gasteiger partial charge in [-0.1, -0.05) is 78.9 Å². The summed E-state index contributed by atoms with van der Waals surface area (Å²) in [6.07, 6.45) is 6.05. The maximum atomic E-state index is 13.4. The Labute approximate surface area is 253 Å². The average Bonchev–Trinajstić information content (AvgIpc) is 2.96. The normalized spacial score (nSPS) is 12.7. The monoisotopic (exact) mass is 593 g/mol. The van der Waals surface area contributed by atoms with Crippen molar-refractivity contribution in [3.8, 4) is 0 Å². The van der Waals surface area contributed by atoms with Crippen LogP contribution in [0.4, 0.5) is 9.59 Å². The summed E-state index contributed by atoms with van der Waals surface area (Å²) < 4.78 is 15.5. The fourth-order valence-corrected chi connectivity index (χ4v) is 3.83. The molecule has 0 aliphatic rings. The van der Waals surface area contributed by atoms with Crippen LogP contribution in [0, 0.1) is 0 Å². The number of nitrogens with one attached hydrogen (secondary N) is 3. The predicted octanol–water partition coefficient (Wildman–Crippen LogP) is 4.99. The quantitative estimate of drug-likeness (QED) is 0.0872. The lowest BCUT2D eigenvalue weighted by Gasteiger charge is -2.25. The van der Waals surface area contributed by atoms with Gasteiger partial charge in [-0.15, -0.1) is 0 Å². The molecule has 3 N–H and O–H groups in total. The molecule has 2 aromatic rings. The third-order valence-electron chi connectivity index (χ3n) is 5.76. The Morgan fingerprint density at radius 3 is 2.12 bits per heavy atom. The van der Waals surface area contributed by atoms with Crippen LogP contribution in [0.1, 0.15) is 51.7 Å². The molecule has 10 nitrogen and oxygen atoms in total. The fourth-order valence-electron chi connectivity index (χ4n) is 3.83. The molecule has 0 heterocycles.